The summed E-state index contributed by atoms with van der Waals surface area (Å²) in [7, 11) is 0. The molecule has 3 aromatic carbocycles. The first-order valence-electron chi connectivity index (χ1n) is 9.94. The quantitative estimate of drug-likeness (QED) is 0.329. The summed E-state index contributed by atoms with van der Waals surface area (Å²) < 4.78 is 19.3. The number of carbonyl (C=O) groups excluding carboxylic acids is 2. The van der Waals surface area contributed by atoms with Crippen LogP contribution < -0.4 is 15.5 Å². The van der Waals surface area contributed by atoms with Crippen molar-refractivity contribution in [1.82, 2.24) is 10.7 Å². The standard InChI is InChI=1S/C24H20Cl2FN3O3/c25-18-8-7-17(21(26)13-18)15-33-19-9-5-16(6-10-19)14-29-30-23(31)11-12-28-24(32)20-3-1-2-4-22(20)27/h1-10,13-14H,11-12,15H2,(H,28,32)(H,30,31). The Bertz CT molecular complexity index is 1150. The van der Waals surface area contributed by atoms with Gasteiger partial charge < -0.3 is 10.1 Å². The summed E-state index contributed by atoms with van der Waals surface area (Å²) in [6, 6.07) is 17.9. The first-order valence-corrected chi connectivity index (χ1v) is 10.7. The molecule has 0 saturated carbocycles. The lowest BCUT2D eigenvalue weighted by Gasteiger charge is -2.08. The molecule has 0 radical (unpaired) electrons. The predicted molar refractivity (Wildman–Crippen MR) is 126 cm³/mol. The molecule has 170 valence electrons. The summed E-state index contributed by atoms with van der Waals surface area (Å²) in [6.07, 6.45) is 1.48. The van der Waals surface area contributed by atoms with Crippen LogP contribution in [0.2, 0.25) is 10.0 Å². The summed E-state index contributed by atoms with van der Waals surface area (Å²) in [5.41, 5.74) is 3.88. The van der Waals surface area contributed by atoms with Crippen molar-refractivity contribution in [3.8, 4) is 5.75 Å². The predicted octanol–water partition coefficient (Wildman–Crippen LogP) is 4.98. The molecule has 3 rings (SSSR count). The zero-order valence-electron chi connectivity index (χ0n) is 17.4. The second kappa shape index (κ2) is 12.0. The van der Waals surface area contributed by atoms with Gasteiger partial charge in [-0.15, -0.1) is 0 Å². The summed E-state index contributed by atoms with van der Waals surface area (Å²) in [5.74, 6) is -0.938. The van der Waals surface area contributed by atoms with Crippen LogP contribution in [0.15, 0.2) is 71.8 Å². The number of ether oxygens (including phenoxy) is 1. The van der Waals surface area contributed by atoms with Gasteiger partial charge in [0.15, 0.2) is 0 Å². The Labute approximate surface area is 200 Å². The van der Waals surface area contributed by atoms with Crippen LogP contribution in [0.3, 0.4) is 0 Å². The van der Waals surface area contributed by atoms with Gasteiger partial charge in [-0.2, -0.15) is 5.10 Å². The number of halogens is 3. The molecular weight excluding hydrogens is 468 g/mol. The van der Waals surface area contributed by atoms with E-state index >= 15 is 0 Å². The smallest absolute Gasteiger partial charge is 0.254 e. The Morgan fingerprint density at radius 2 is 1.79 bits per heavy atom. The Morgan fingerprint density at radius 1 is 1.03 bits per heavy atom. The summed E-state index contributed by atoms with van der Waals surface area (Å²) in [6.45, 7) is 0.352. The molecule has 0 bridgehead atoms. The molecule has 0 heterocycles. The maximum Gasteiger partial charge on any atom is 0.254 e. The highest BCUT2D eigenvalue weighted by molar-refractivity contribution is 6.35. The minimum atomic E-state index is -0.616. The maximum atomic E-state index is 13.6. The van der Waals surface area contributed by atoms with Crippen LogP contribution in [0.1, 0.15) is 27.9 Å². The highest BCUT2D eigenvalue weighted by Crippen LogP contribution is 2.22. The number of rotatable bonds is 9. The van der Waals surface area contributed by atoms with Gasteiger partial charge in [-0.1, -0.05) is 41.4 Å². The Balaban J connectivity index is 1.39. The van der Waals surface area contributed by atoms with E-state index in [9.17, 15) is 14.0 Å². The molecule has 0 fully saturated rings. The van der Waals surface area contributed by atoms with Gasteiger partial charge in [-0.05, 0) is 54.1 Å². The third-order valence-electron chi connectivity index (χ3n) is 4.45. The van der Waals surface area contributed by atoms with Crippen molar-refractivity contribution >= 4 is 41.2 Å². The average molecular weight is 488 g/mol. The van der Waals surface area contributed by atoms with Gasteiger partial charge in [-0.3, -0.25) is 9.59 Å². The molecule has 3 aromatic rings. The molecular formula is C24H20Cl2FN3O3. The third-order valence-corrected chi connectivity index (χ3v) is 5.04. The van der Waals surface area contributed by atoms with Crippen molar-refractivity contribution in [3.63, 3.8) is 0 Å². The fourth-order valence-corrected chi connectivity index (χ4v) is 3.18. The van der Waals surface area contributed by atoms with Gasteiger partial charge >= 0.3 is 0 Å². The molecule has 0 aromatic heterocycles. The molecule has 0 saturated heterocycles. The van der Waals surface area contributed by atoms with Crippen LogP contribution in [-0.2, 0) is 11.4 Å². The van der Waals surface area contributed by atoms with Gasteiger partial charge in [0, 0.05) is 28.6 Å². The number of amides is 2. The van der Waals surface area contributed by atoms with E-state index in [1.165, 1.54) is 24.4 Å². The first kappa shape index (κ1) is 24.2. The lowest BCUT2D eigenvalue weighted by molar-refractivity contribution is -0.120. The van der Waals surface area contributed by atoms with Crippen molar-refractivity contribution in [3.05, 3.63) is 99.3 Å². The largest absolute Gasteiger partial charge is 0.489 e. The van der Waals surface area contributed by atoms with Crippen LogP contribution in [0.25, 0.3) is 0 Å². The lowest BCUT2D eigenvalue weighted by Crippen LogP contribution is -2.29. The molecule has 0 atom stereocenters. The molecule has 0 spiro atoms. The second-order valence-electron chi connectivity index (χ2n) is 6.87. The van der Waals surface area contributed by atoms with E-state index in [1.54, 1.807) is 48.5 Å². The number of hydrazone groups is 1. The normalized spacial score (nSPS) is 10.8. The zero-order chi connectivity index (χ0) is 23.6. The Morgan fingerprint density at radius 3 is 2.52 bits per heavy atom. The van der Waals surface area contributed by atoms with E-state index in [0.29, 0.717) is 22.4 Å². The summed E-state index contributed by atoms with van der Waals surface area (Å²) in [5, 5.41) is 7.48. The van der Waals surface area contributed by atoms with Crippen LogP contribution in [0.4, 0.5) is 4.39 Å². The van der Waals surface area contributed by atoms with E-state index in [2.05, 4.69) is 15.8 Å². The topological polar surface area (TPSA) is 79.8 Å². The fraction of sp³-hybridized carbons (Fsp3) is 0.125. The number of hydrogen-bond donors (Lipinski definition) is 2. The van der Waals surface area contributed by atoms with Crippen molar-refractivity contribution < 1.29 is 18.7 Å². The molecule has 0 aliphatic rings. The number of hydrogen-bond acceptors (Lipinski definition) is 4. The van der Waals surface area contributed by atoms with Gasteiger partial charge in [0.1, 0.15) is 18.2 Å². The van der Waals surface area contributed by atoms with Crippen molar-refractivity contribution in [1.29, 1.82) is 0 Å². The maximum absolute atomic E-state index is 13.6. The van der Waals surface area contributed by atoms with Crippen LogP contribution in [0.5, 0.6) is 5.75 Å². The van der Waals surface area contributed by atoms with E-state index in [4.69, 9.17) is 27.9 Å². The average Bonchev–Trinajstić information content (AvgIpc) is 2.79. The van der Waals surface area contributed by atoms with Crippen LogP contribution in [0, 0.1) is 5.82 Å². The summed E-state index contributed by atoms with van der Waals surface area (Å²) in [4.78, 5) is 23.7. The van der Waals surface area contributed by atoms with Gasteiger partial charge in [0.05, 0.1) is 11.8 Å². The monoisotopic (exact) mass is 487 g/mol. The first-order chi connectivity index (χ1) is 15.9. The SMILES string of the molecule is O=C(CCNC(=O)c1ccccc1F)NN=Cc1ccc(OCc2ccc(Cl)cc2Cl)cc1. The Hall–Kier alpha value is -3.42. The van der Waals surface area contributed by atoms with Crippen molar-refractivity contribution in [2.24, 2.45) is 5.10 Å². The minimum absolute atomic E-state index is 0.00241. The molecule has 0 aliphatic carbocycles. The molecule has 0 aliphatic heterocycles. The van der Waals surface area contributed by atoms with E-state index in [-0.39, 0.29) is 24.4 Å². The van der Waals surface area contributed by atoms with Crippen molar-refractivity contribution in [2.45, 2.75) is 13.0 Å². The molecule has 2 N–H and O–H groups in total. The number of benzene rings is 3. The van der Waals surface area contributed by atoms with Gasteiger partial charge in [0.25, 0.3) is 5.91 Å². The van der Waals surface area contributed by atoms with Crippen LogP contribution >= 0.6 is 23.2 Å². The van der Waals surface area contributed by atoms with Gasteiger partial charge in [-0.25, -0.2) is 9.82 Å². The summed E-state index contributed by atoms with van der Waals surface area (Å²) >= 11 is 12.0. The number of nitrogens with one attached hydrogen (secondary N) is 2. The Kier molecular flexibility index (Phi) is 8.80. The lowest BCUT2D eigenvalue weighted by atomic mass is 10.2. The number of carbonyl (C=O) groups is 2. The highest BCUT2D eigenvalue weighted by Gasteiger charge is 2.10. The highest BCUT2D eigenvalue weighted by atomic mass is 35.5. The van der Waals surface area contributed by atoms with Crippen LogP contribution in [-0.4, -0.2) is 24.6 Å². The fourth-order valence-electron chi connectivity index (χ4n) is 2.71. The van der Waals surface area contributed by atoms with E-state index < -0.39 is 11.7 Å². The molecule has 0 unspecified atom stereocenters. The number of nitrogens with zero attached hydrogens (tertiary/aromatic N) is 1. The van der Waals surface area contributed by atoms with E-state index in [0.717, 1.165) is 11.1 Å². The molecule has 2 amide bonds. The molecule has 33 heavy (non-hydrogen) atoms. The van der Waals surface area contributed by atoms with E-state index in [1.807, 2.05) is 0 Å². The van der Waals surface area contributed by atoms with Crippen molar-refractivity contribution in [2.75, 3.05) is 6.54 Å². The second-order valence-corrected chi connectivity index (χ2v) is 7.72. The van der Waals surface area contributed by atoms with Gasteiger partial charge in [0.2, 0.25) is 5.91 Å². The zero-order valence-corrected chi connectivity index (χ0v) is 18.9. The minimum Gasteiger partial charge on any atom is -0.489 e. The third kappa shape index (κ3) is 7.59. The molecule has 9 heteroatoms. The molecule has 6 nitrogen and oxygen atoms in total.